The van der Waals surface area contributed by atoms with E-state index in [2.05, 4.69) is 27.8 Å². The third kappa shape index (κ3) is 7.45. The molecule has 3 aromatic rings. The van der Waals surface area contributed by atoms with E-state index in [-0.39, 0.29) is 42.8 Å². The van der Waals surface area contributed by atoms with Crippen molar-refractivity contribution in [3.05, 3.63) is 82.6 Å². The summed E-state index contributed by atoms with van der Waals surface area (Å²) in [4.78, 5) is 43.8. The van der Waals surface area contributed by atoms with Crippen molar-refractivity contribution in [2.75, 3.05) is 11.9 Å². The molecule has 1 heterocycles. The van der Waals surface area contributed by atoms with Gasteiger partial charge in [-0.05, 0) is 62.4 Å². The van der Waals surface area contributed by atoms with Crippen molar-refractivity contribution in [3.63, 3.8) is 0 Å². The number of halogens is 1. The number of hydrogen-bond donors (Lipinski definition) is 2. The molecule has 2 N–H and O–H groups in total. The zero-order valence-corrected chi connectivity index (χ0v) is 20.9. The van der Waals surface area contributed by atoms with E-state index in [9.17, 15) is 18.8 Å². The van der Waals surface area contributed by atoms with E-state index in [1.54, 1.807) is 5.38 Å². The first-order chi connectivity index (χ1) is 17.4. The molecule has 0 radical (unpaired) electrons. The Morgan fingerprint density at radius 3 is 2.50 bits per heavy atom. The second-order valence-electron chi connectivity index (χ2n) is 9.03. The molecular weight excluding hydrogens is 479 g/mol. The molecule has 36 heavy (non-hydrogen) atoms. The van der Waals surface area contributed by atoms with Gasteiger partial charge in [-0.2, -0.15) is 0 Å². The molecule has 1 atom stereocenters. The number of aryl methyl sites for hydroxylation is 1. The number of anilines is 1. The van der Waals surface area contributed by atoms with Gasteiger partial charge in [-0.25, -0.2) is 9.37 Å². The molecule has 0 aliphatic heterocycles. The number of hydrogen-bond acceptors (Lipinski definition) is 5. The van der Waals surface area contributed by atoms with E-state index in [4.69, 9.17) is 0 Å². The number of rotatable bonds is 11. The smallest absolute Gasteiger partial charge is 0.254 e. The maximum Gasteiger partial charge on any atom is 0.254 e. The van der Waals surface area contributed by atoms with E-state index < -0.39 is 5.82 Å². The molecule has 2 aromatic carbocycles. The van der Waals surface area contributed by atoms with Gasteiger partial charge in [0.2, 0.25) is 11.8 Å². The highest BCUT2D eigenvalue weighted by molar-refractivity contribution is 7.13. The molecule has 0 saturated heterocycles. The summed E-state index contributed by atoms with van der Waals surface area (Å²) in [5.41, 5.74) is 2.15. The van der Waals surface area contributed by atoms with E-state index >= 15 is 0 Å². The van der Waals surface area contributed by atoms with Crippen molar-refractivity contribution in [1.29, 1.82) is 0 Å². The molecule has 1 fully saturated rings. The van der Waals surface area contributed by atoms with Gasteiger partial charge in [0.15, 0.2) is 5.13 Å². The lowest BCUT2D eigenvalue weighted by molar-refractivity contribution is -0.121. The Morgan fingerprint density at radius 1 is 1.08 bits per heavy atom. The van der Waals surface area contributed by atoms with E-state index in [1.165, 1.54) is 46.1 Å². The van der Waals surface area contributed by atoms with Gasteiger partial charge in [-0.3, -0.25) is 14.4 Å². The van der Waals surface area contributed by atoms with E-state index in [1.807, 2.05) is 25.1 Å². The Bertz CT molecular complexity index is 1200. The molecular formula is C27H29FN4O3S. The molecule has 0 bridgehead atoms. The third-order valence-electron chi connectivity index (χ3n) is 5.91. The van der Waals surface area contributed by atoms with Gasteiger partial charge in [0.05, 0.1) is 12.1 Å². The molecule has 1 aromatic heterocycles. The van der Waals surface area contributed by atoms with Crippen LogP contribution in [0.5, 0.6) is 0 Å². The number of carbonyl (C=O) groups excluding carboxylic acids is 3. The van der Waals surface area contributed by atoms with Gasteiger partial charge in [-0.1, -0.05) is 30.3 Å². The minimum absolute atomic E-state index is 0.00716. The van der Waals surface area contributed by atoms with Gasteiger partial charge in [0.1, 0.15) is 12.4 Å². The van der Waals surface area contributed by atoms with Crippen molar-refractivity contribution in [2.45, 2.75) is 51.1 Å². The highest BCUT2D eigenvalue weighted by Crippen LogP contribution is 2.28. The lowest BCUT2D eigenvalue weighted by Gasteiger charge is -2.21. The topological polar surface area (TPSA) is 91.4 Å². The SMILES string of the molecule is C[C@@H](CCc1ccccc1)NC(=O)Cc1csc(NC(=O)CN(C(=O)c2ccc(F)cc2)C2CC2)n1. The Morgan fingerprint density at radius 2 is 1.81 bits per heavy atom. The number of amides is 3. The van der Waals surface area contributed by atoms with Crippen LogP contribution in [0.25, 0.3) is 0 Å². The fourth-order valence-electron chi connectivity index (χ4n) is 3.86. The van der Waals surface area contributed by atoms with Crippen LogP contribution in [-0.4, -0.2) is 46.2 Å². The van der Waals surface area contributed by atoms with Crippen molar-refractivity contribution >= 4 is 34.2 Å². The first kappa shape index (κ1) is 25.5. The molecule has 0 unspecified atom stereocenters. The highest BCUT2D eigenvalue weighted by Gasteiger charge is 2.34. The predicted molar refractivity (Wildman–Crippen MR) is 137 cm³/mol. The van der Waals surface area contributed by atoms with Crippen LogP contribution in [-0.2, 0) is 22.4 Å². The van der Waals surface area contributed by atoms with E-state index in [0.29, 0.717) is 16.4 Å². The van der Waals surface area contributed by atoms with Gasteiger partial charge < -0.3 is 15.5 Å². The monoisotopic (exact) mass is 508 g/mol. The van der Waals surface area contributed by atoms with Crippen LogP contribution in [0, 0.1) is 5.82 Å². The van der Waals surface area contributed by atoms with Crippen molar-refractivity contribution in [2.24, 2.45) is 0 Å². The van der Waals surface area contributed by atoms with Crippen molar-refractivity contribution in [1.82, 2.24) is 15.2 Å². The largest absolute Gasteiger partial charge is 0.353 e. The summed E-state index contributed by atoms with van der Waals surface area (Å²) in [5, 5.41) is 7.84. The summed E-state index contributed by atoms with van der Waals surface area (Å²) in [6, 6.07) is 15.5. The first-order valence-electron chi connectivity index (χ1n) is 12.0. The molecule has 1 aliphatic carbocycles. The number of nitrogens with zero attached hydrogens (tertiary/aromatic N) is 2. The lowest BCUT2D eigenvalue weighted by atomic mass is 10.1. The van der Waals surface area contributed by atoms with Crippen LogP contribution in [0.15, 0.2) is 60.0 Å². The Balaban J connectivity index is 1.24. The number of carbonyl (C=O) groups is 3. The van der Waals surface area contributed by atoms with Gasteiger partial charge in [0, 0.05) is 23.0 Å². The molecule has 0 spiro atoms. The normalized spacial score (nSPS) is 13.6. The second-order valence-corrected chi connectivity index (χ2v) is 9.89. The summed E-state index contributed by atoms with van der Waals surface area (Å²) in [6.45, 7) is 1.86. The van der Waals surface area contributed by atoms with Crippen LogP contribution >= 0.6 is 11.3 Å². The van der Waals surface area contributed by atoms with Crippen LogP contribution < -0.4 is 10.6 Å². The molecule has 1 saturated carbocycles. The quantitative estimate of drug-likeness (QED) is 0.406. The third-order valence-corrected chi connectivity index (χ3v) is 6.72. The Hall–Kier alpha value is -3.59. The van der Waals surface area contributed by atoms with Crippen LogP contribution in [0.1, 0.15) is 47.8 Å². The van der Waals surface area contributed by atoms with Crippen molar-refractivity contribution in [3.8, 4) is 0 Å². The number of aromatic nitrogens is 1. The average Bonchev–Trinajstić information content (AvgIpc) is 3.62. The van der Waals surface area contributed by atoms with Gasteiger partial charge in [-0.15, -0.1) is 11.3 Å². The minimum Gasteiger partial charge on any atom is -0.353 e. The maximum atomic E-state index is 13.2. The van der Waals surface area contributed by atoms with Crippen LogP contribution in [0.4, 0.5) is 9.52 Å². The summed E-state index contributed by atoms with van der Waals surface area (Å²) < 4.78 is 13.2. The van der Waals surface area contributed by atoms with Gasteiger partial charge >= 0.3 is 0 Å². The molecule has 188 valence electrons. The Labute approximate surface area is 213 Å². The zero-order chi connectivity index (χ0) is 25.5. The predicted octanol–water partition coefficient (Wildman–Crippen LogP) is 4.21. The van der Waals surface area contributed by atoms with Crippen LogP contribution in [0.3, 0.4) is 0 Å². The molecule has 9 heteroatoms. The molecule has 7 nitrogen and oxygen atoms in total. The number of benzene rings is 2. The maximum absolute atomic E-state index is 13.2. The average molecular weight is 509 g/mol. The lowest BCUT2D eigenvalue weighted by Crippen LogP contribution is -2.39. The second kappa shape index (κ2) is 11.9. The summed E-state index contributed by atoms with van der Waals surface area (Å²) in [5.74, 6) is -1.21. The van der Waals surface area contributed by atoms with Gasteiger partial charge in [0.25, 0.3) is 5.91 Å². The summed E-state index contributed by atoms with van der Waals surface area (Å²) in [7, 11) is 0. The highest BCUT2D eigenvalue weighted by atomic mass is 32.1. The summed E-state index contributed by atoms with van der Waals surface area (Å²) >= 11 is 1.24. The molecule has 3 amide bonds. The number of nitrogens with one attached hydrogen (secondary N) is 2. The van der Waals surface area contributed by atoms with Crippen LogP contribution in [0.2, 0.25) is 0 Å². The first-order valence-corrected chi connectivity index (χ1v) is 12.9. The zero-order valence-electron chi connectivity index (χ0n) is 20.1. The fourth-order valence-corrected chi connectivity index (χ4v) is 4.59. The Kier molecular flexibility index (Phi) is 8.43. The standard InChI is InChI=1S/C27H29FN4O3S/c1-18(7-8-19-5-3-2-4-6-19)29-24(33)15-22-17-36-27(30-22)31-25(34)16-32(23-13-14-23)26(35)20-9-11-21(28)12-10-20/h2-6,9-12,17-18,23H,7-8,13-16H2,1H3,(H,29,33)(H,30,31,34)/t18-/m0/s1. The minimum atomic E-state index is -0.419. The summed E-state index contributed by atoms with van der Waals surface area (Å²) in [6.07, 6.45) is 3.51. The van der Waals surface area contributed by atoms with Crippen molar-refractivity contribution < 1.29 is 18.8 Å². The number of thiazole rings is 1. The van der Waals surface area contributed by atoms with E-state index in [0.717, 1.165) is 25.7 Å². The molecule has 4 rings (SSSR count). The fraction of sp³-hybridized carbons (Fsp3) is 0.333. The molecule has 1 aliphatic rings.